The summed E-state index contributed by atoms with van der Waals surface area (Å²) in [5.41, 5.74) is 4.18. The molecule has 0 amide bonds. The van der Waals surface area contributed by atoms with E-state index in [0.29, 0.717) is 28.8 Å². The molecular weight excluding hydrogens is 443 g/mol. The van der Waals surface area contributed by atoms with Gasteiger partial charge in [0.25, 0.3) is 0 Å². The van der Waals surface area contributed by atoms with Crippen molar-refractivity contribution in [3.63, 3.8) is 0 Å². The van der Waals surface area contributed by atoms with Crippen molar-refractivity contribution < 1.29 is 9.50 Å². The average molecular weight is 475 g/mol. The summed E-state index contributed by atoms with van der Waals surface area (Å²) in [5, 5.41) is 16.1. The van der Waals surface area contributed by atoms with E-state index in [2.05, 4.69) is 42.6 Å². The van der Waals surface area contributed by atoms with Crippen molar-refractivity contribution in [1.82, 2.24) is 19.9 Å². The largest absolute Gasteiger partial charge is 0.396 e. The number of likely N-dealkylation sites (tertiary alicyclic amines) is 1. The molecule has 1 saturated heterocycles. The van der Waals surface area contributed by atoms with Crippen molar-refractivity contribution in [2.24, 2.45) is 5.92 Å². The maximum atomic E-state index is 15.0. The Morgan fingerprint density at radius 2 is 1.97 bits per heavy atom. The van der Waals surface area contributed by atoms with Crippen LogP contribution in [0.2, 0.25) is 0 Å². The highest BCUT2D eigenvalue weighted by Crippen LogP contribution is 2.28. The van der Waals surface area contributed by atoms with Gasteiger partial charge in [-0.1, -0.05) is 12.1 Å². The van der Waals surface area contributed by atoms with Crippen LogP contribution < -0.4 is 10.6 Å². The molecule has 1 aliphatic rings. The zero-order chi connectivity index (χ0) is 24.2. The lowest BCUT2D eigenvalue weighted by Gasteiger charge is -2.31. The fraction of sp³-hybridized carbons (Fsp3) is 0.333. The third kappa shape index (κ3) is 5.61. The molecule has 0 saturated carbocycles. The smallest absolute Gasteiger partial charge is 0.229 e. The van der Waals surface area contributed by atoms with Crippen LogP contribution >= 0.6 is 0 Å². The highest BCUT2D eigenvalue weighted by atomic mass is 19.1. The molecule has 4 N–H and O–H groups in total. The van der Waals surface area contributed by atoms with Crippen LogP contribution in [0, 0.1) is 18.7 Å². The number of anilines is 4. The number of rotatable bonds is 8. The first-order valence-electron chi connectivity index (χ1n) is 12.1. The lowest BCUT2D eigenvalue weighted by atomic mass is 9.94. The summed E-state index contributed by atoms with van der Waals surface area (Å²) >= 11 is 0. The number of aromatic amines is 1. The molecule has 7 nitrogen and oxygen atoms in total. The number of aromatic nitrogens is 3. The molecule has 8 heteroatoms. The summed E-state index contributed by atoms with van der Waals surface area (Å²) in [7, 11) is 0. The quantitative estimate of drug-likeness (QED) is 0.270. The normalized spacial score (nSPS) is 14.9. The molecule has 5 rings (SSSR count). The average Bonchev–Trinajstić information content (AvgIpc) is 3.24. The van der Waals surface area contributed by atoms with E-state index in [0.717, 1.165) is 55.8 Å². The van der Waals surface area contributed by atoms with Gasteiger partial charge in [-0.3, -0.25) is 4.90 Å². The second-order valence-corrected chi connectivity index (χ2v) is 9.29. The van der Waals surface area contributed by atoms with Crippen LogP contribution in [0.1, 0.15) is 30.5 Å². The van der Waals surface area contributed by atoms with Gasteiger partial charge in [-0.15, -0.1) is 0 Å². The van der Waals surface area contributed by atoms with Crippen LogP contribution in [0.3, 0.4) is 0 Å². The Kier molecular flexibility index (Phi) is 6.92. The molecule has 35 heavy (non-hydrogen) atoms. The Bertz CT molecular complexity index is 1300. The fourth-order valence-electron chi connectivity index (χ4n) is 4.78. The molecule has 0 spiro atoms. The summed E-state index contributed by atoms with van der Waals surface area (Å²) < 4.78 is 15.0. The Labute approximate surface area is 204 Å². The summed E-state index contributed by atoms with van der Waals surface area (Å²) in [5.74, 6) is 1.28. The zero-order valence-electron chi connectivity index (χ0n) is 19.9. The molecule has 2 aromatic carbocycles. The Hall–Kier alpha value is -3.49. The molecule has 1 fully saturated rings. The van der Waals surface area contributed by atoms with Crippen LogP contribution in [0.4, 0.5) is 27.5 Å². The van der Waals surface area contributed by atoms with Crippen LogP contribution in [-0.2, 0) is 6.54 Å². The number of piperidine rings is 1. The predicted molar refractivity (Wildman–Crippen MR) is 138 cm³/mol. The number of halogens is 1. The number of nitrogens with one attached hydrogen (secondary N) is 3. The maximum absolute atomic E-state index is 15.0. The topological polar surface area (TPSA) is 89.1 Å². The van der Waals surface area contributed by atoms with E-state index < -0.39 is 0 Å². The molecule has 3 heterocycles. The highest BCUT2D eigenvalue weighted by Gasteiger charge is 2.19. The zero-order valence-corrected chi connectivity index (χ0v) is 19.9. The van der Waals surface area contributed by atoms with Crippen LogP contribution in [0.5, 0.6) is 0 Å². The predicted octanol–water partition coefficient (Wildman–Crippen LogP) is 5.49. The number of aliphatic hydroxyl groups is 1. The van der Waals surface area contributed by atoms with E-state index in [9.17, 15) is 4.39 Å². The lowest BCUT2D eigenvalue weighted by molar-refractivity contribution is 0.153. The van der Waals surface area contributed by atoms with E-state index in [1.807, 2.05) is 25.1 Å². The third-order valence-electron chi connectivity index (χ3n) is 6.62. The standard InChI is InChI=1S/C27H31FN6O/c1-18-15-22-23(30-18)5-6-24(26(22)28)32-25-7-11-29-27(33-25)31-21-4-2-3-20(16-21)17-34-12-8-19(9-13-34)10-14-35/h2-7,11,15-16,19,30,35H,8-10,12-14,17H2,1H3,(H2,29,31,32,33). The van der Waals surface area contributed by atoms with Crippen LogP contribution in [-0.4, -0.2) is 44.7 Å². The molecule has 0 bridgehead atoms. The molecule has 0 unspecified atom stereocenters. The van der Waals surface area contributed by atoms with Gasteiger partial charge in [0.2, 0.25) is 5.95 Å². The third-order valence-corrected chi connectivity index (χ3v) is 6.62. The van der Waals surface area contributed by atoms with Crippen molar-refractivity contribution in [2.45, 2.75) is 32.7 Å². The van der Waals surface area contributed by atoms with E-state index in [-0.39, 0.29) is 12.4 Å². The van der Waals surface area contributed by atoms with E-state index >= 15 is 0 Å². The molecule has 2 aromatic heterocycles. The van der Waals surface area contributed by atoms with E-state index in [1.54, 1.807) is 24.4 Å². The number of aliphatic hydroxyl groups excluding tert-OH is 1. The molecule has 0 aliphatic carbocycles. The summed E-state index contributed by atoms with van der Waals surface area (Å²) in [6.07, 6.45) is 4.84. The van der Waals surface area contributed by atoms with Crippen molar-refractivity contribution in [3.05, 3.63) is 71.8 Å². The fourth-order valence-corrected chi connectivity index (χ4v) is 4.78. The van der Waals surface area contributed by atoms with Gasteiger partial charge in [-0.05, 0) is 87.2 Å². The minimum Gasteiger partial charge on any atom is -0.396 e. The first-order valence-corrected chi connectivity index (χ1v) is 12.1. The van der Waals surface area contributed by atoms with Gasteiger partial charge in [0.1, 0.15) is 5.82 Å². The SMILES string of the molecule is Cc1cc2c(F)c(Nc3ccnc(Nc4cccc(CN5CCC(CCO)CC5)c4)n3)ccc2[nH]1. The second kappa shape index (κ2) is 10.4. The summed E-state index contributed by atoms with van der Waals surface area (Å²) in [6.45, 7) is 5.21. The summed E-state index contributed by atoms with van der Waals surface area (Å²) in [6, 6.07) is 15.3. The van der Waals surface area contributed by atoms with Gasteiger partial charge in [0.05, 0.1) is 5.69 Å². The number of hydrogen-bond donors (Lipinski definition) is 4. The van der Waals surface area contributed by atoms with Crippen molar-refractivity contribution >= 4 is 34.0 Å². The number of fused-ring (bicyclic) bond motifs is 1. The number of aryl methyl sites for hydroxylation is 1. The Morgan fingerprint density at radius 3 is 2.80 bits per heavy atom. The van der Waals surface area contributed by atoms with Crippen molar-refractivity contribution in [1.29, 1.82) is 0 Å². The second-order valence-electron chi connectivity index (χ2n) is 9.29. The van der Waals surface area contributed by atoms with E-state index in [1.165, 1.54) is 5.56 Å². The number of hydrogen-bond acceptors (Lipinski definition) is 6. The number of H-pyrrole nitrogens is 1. The summed E-state index contributed by atoms with van der Waals surface area (Å²) in [4.78, 5) is 14.5. The van der Waals surface area contributed by atoms with Gasteiger partial charge < -0.3 is 20.7 Å². The minimum absolute atomic E-state index is 0.286. The Morgan fingerprint density at radius 1 is 1.11 bits per heavy atom. The van der Waals surface area contributed by atoms with Gasteiger partial charge in [-0.2, -0.15) is 4.98 Å². The number of benzene rings is 2. The van der Waals surface area contributed by atoms with Crippen molar-refractivity contribution in [2.75, 3.05) is 30.3 Å². The van der Waals surface area contributed by atoms with Crippen molar-refractivity contribution in [3.8, 4) is 0 Å². The van der Waals surface area contributed by atoms with Gasteiger partial charge in [-0.25, -0.2) is 9.37 Å². The first-order chi connectivity index (χ1) is 17.1. The molecular formula is C27H31FN6O. The minimum atomic E-state index is -0.312. The van der Waals surface area contributed by atoms with E-state index in [4.69, 9.17) is 5.11 Å². The van der Waals surface area contributed by atoms with Crippen LogP contribution in [0.15, 0.2) is 54.7 Å². The van der Waals surface area contributed by atoms with Crippen LogP contribution in [0.25, 0.3) is 10.9 Å². The lowest BCUT2D eigenvalue weighted by Crippen LogP contribution is -2.33. The molecule has 4 aromatic rings. The van der Waals surface area contributed by atoms with Gasteiger partial charge in [0.15, 0.2) is 5.82 Å². The molecule has 0 atom stereocenters. The monoisotopic (exact) mass is 474 g/mol. The molecule has 0 radical (unpaired) electrons. The first kappa shape index (κ1) is 23.3. The molecule has 1 aliphatic heterocycles. The Balaban J connectivity index is 1.24. The number of nitrogens with zero attached hydrogens (tertiary/aromatic N) is 3. The molecule has 182 valence electrons. The maximum Gasteiger partial charge on any atom is 0.229 e. The van der Waals surface area contributed by atoms with Gasteiger partial charge in [0, 0.05) is 41.6 Å². The highest BCUT2D eigenvalue weighted by molar-refractivity contribution is 5.85. The van der Waals surface area contributed by atoms with Gasteiger partial charge >= 0.3 is 0 Å².